The van der Waals surface area contributed by atoms with Crippen LogP contribution in [0, 0.1) is 5.92 Å². The first-order chi connectivity index (χ1) is 11.7. The molecule has 7 nitrogen and oxygen atoms in total. The predicted molar refractivity (Wildman–Crippen MR) is 90.4 cm³/mol. The molecule has 0 spiro atoms. The summed E-state index contributed by atoms with van der Waals surface area (Å²) in [4.78, 5) is 37.2. The molecule has 0 saturated carbocycles. The zero-order valence-corrected chi connectivity index (χ0v) is 15.2. The van der Waals surface area contributed by atoms with Crippen molar-refractivity contribution in [1.29, 1.82) is 0 Å². The highest BCUT2D eigenvalue weighted by Gasteiger charge is 2.64. The van der Waals surface area contributed by atoms with Crippen molar-refractivity contribution in [1.82, 2.24) is 5.32 Å². The zero-order valence-electron chi connectivity index (χ0n) is 15.2. The Kier molecular flexibility index (Phi) is 6.70. The Hall–Kier alpha value is -2.41. The van der Waals surface area contributed by atoms with Crippen LogP contribution in [0.5, 0.6) is 0 Å². The van der Waals surface area contributed by atoms with Crippen LogP contribution < -0.4 is 5.32 Å². The van der Waals surface area contributed by atoms with Crippen LogP contribution >= 0.6 is 0 Å². The van der Waals surface area contributed by atoms with E-state index in [0.717, 1.165) is 14.2 Å². The van der Waals surface area contributed by atoms with Gasteiger partial charge in [-0.05, 0) is 17.9 Å². The molecular formula is C18H25NO6. The molecule has 0 aliphatic carbocycles. The molecule has 0 heterocycles. The summed E-state index contributed by atoms with van der Waals surface area (Å²) in [6.07, 6.45) is -0.0419. The van der Waals surface area contributed by atoms with Gasteiger partial charge in [0.05, 0.1) is 14.2 Å². The first-order valence-electron chi connectivity index (χ1n) is 7.89. The van der Waals surface area contributed by atoms with Crippen molar-refractivity contribution in [2.24, 2.45) is 5.92 Å². The van der Waals surface area contributed by atoms with Crippen LogP contribution in [-0.2, 0) is 29.5 Å². The smallest absolute Gasteiger partial charge is 0.345 e. The van der Waals surface area contributed by atoms with Gasteiger partial charge in [0.2, 0.25) is 11.5 Å². The number of carbonyl (C=O) groups excluding carboxylic acids is 3. The molecule has 0 fully saturated rings. The minimum Gasteiger partial charge on any atom is -0.467 e. The molecule has 0 aromatic heterocycles. The molecule has 0 saturated heterocycles. The van der Waals surface area contributed by atoms with E-state index in [4.69, 9.17) is 9.47 Å². The molecule has 1 aromatic carbocycles. The van der Waals surface area contributed by atoms with Gasteiger partial charge in [-0.3, -0.25) is 4.79 Å². The van der Waals surface area contributed by atoms with Crippen LogP contribution in [-0.4, -0.2) is 42.7 Å². The fourth-order valence-corrected chi connectivity index (χ4v) is 3.02. The van der Waals surface area contributed by atoms with Crippen LogP contribution in [0.1, 0.15) is 32.8 Å². The second kappa shape index (κ2) is 8.11. The third-order valence-electron chi connectivity index (χ3n) is 3.93. The van der Waals surface area contributed by atoms with Gasteiger partial charge in [-0.25, -0.2) is 9.59 Å². The van der Waals surface area contributed by atoms with Crippen LogP contribution in [0.25, 0.3) is 0 Å². The summed E-state index contributed by atoms with van der Waals surface area (Å²) in [7, 11) is 2.23. The average molecular weight is 351 g/mol. The molecule has 0 radical (unpaired) electrons. The molecule has 2 atom stereocenters. The lowest BCUT2D eigenvalue weighted by Crippen LogP contribution is -2.70. The van der Waals surface area contributed by atoms with E-state index in [-0.39, 0.29) is 17.9 Å². The lowest BCUT2D eigenvalue weighted by Gasteiger charge is -2.44. The van der Waals surface area contributed by atoms with Gasteiger partial charge in [0.1, 0.15) is 0 Å². The minimum absolute atomic E-state index is 0.0419. The van der Waals surface area contributed by atoms with Gasteiger partial charge in [0.25, 0.3) is 0 Å². The molecule has 1 aromatic rings. The van der Waals surface area contributed by atoms with Crippen molar-refractivity contribution >= 4 is 17.8 Å². The number of esters is 2. The summed E-state index contributed by atoms with van der Waals surface area (Å²) in [5.41, 5.74) is -4.40. The summed E-state index contributed by atoms with van der Waals surface area (Å²) in [6, 6.07) is 7.87. The van der Waals surface area contributed by atoms with Crippen molar-refractivity contribution in [3.05, 3.63) is 35.9 Å². The molecular weight excluding hydrogens is 326 g/mol. The minimum atomic E-state index is -2.47. The molecule has 0 aliphatic rings. The Morgan fingerprint density at radius 2 is 1.60 bits per heavy atom. The Balaban J connectivity index is 3.82. The normalized spacial score (nSPS) is 15.6. The molecule has 7 heteroatoms. The van der Waals surface area contributed by atoms with E-state index >= 15 is 0 Å². The monoisotopic (exact) mass is 351 g/mol. The van der Waals surface area contributed by atoms with E-state index in [1.165, 1.54) is 19.1 Å². The standard InChI is InChI=1S/C18H25NO6/c1-12(2)11-17(15(21)24-4,19-13(3)20)18(23,16(22)25-5)14-9-7-6-8-10-14/h6-10,12,23H,11H2,1-5H3,(H,19,20)/t17-,18+/m0/s1. The molecule has 1 rings (SSSR count). The number of ether oxygens (including phenoxy) is 2. The number of rotatable bonds is 7. The lowest BCUT2D eigenvalue weighted by molar-refractivity contribution is -0.189. The average Bonchev–Trinajstić information content (AvgIpc) is 2.58. The maximum Gasteiger partial charge on any atom is 0.345 e. The second-order valence-corrected chi connectivity index (χ2v) is 6.24. The van der Waals surface area contributed by atoms with Crippen molar-refractivity contribution in [3.63, 3.8) is 0 Å². The van der Waals surface area contributed by atoms with Gasteiger partial charge >= 0.3 is 11.9 Å². The SMILES string of the molecule is COC(=O)[C@](CC(C)C)(NC(C)=O)[C@](O)(C(=O)OC)c1ccccc1. The van der Waals surface area contributed by atoms with E-state index in [1.807, 2.05) is 0 Å². The molecule has 138 valence electrons. The maximum absolute atomic E-state index is 12.7. The number of aliphatic hydroxyl groups is 1. The Morgan fingerprint density at radius 3 is 2.00 bits per heavy atom. The number of carbonyl (C=O) groups is 3. The van der Waals surface area contributed by atoms with Crippen molar-refractivity contribution < 1.29 is 29.0 Å². The van der Waals surface area contributed by atoms with Gasteiger partial charge in [-0.1, -0.05) is 44.2 Å². The van der Waals surface area contributed by atoms with Crippen LogP contribution in [0.15, 0.2) is 30.3 Å². The first-order valence-corrected chi connectivity index (χ1v) is 7.89. The number of hydrogen-bond acceptors (Lipinski definition) is 6. The van der Waals surface area contributed by atoms with Crippen LogP contribution in [0.2, 0.25) is 0 Å². The topological polar surface area (TPSA) is 102 Å². The Bertz CT molecular complexity index is 630. The first kappa shape index (κ1) is 20.6. The third-order valence-corrected chi connectivity index (χ3v) is 3.93. The van der Waals surface area contributed by atoms with E-state index in [9.17, 15) is 19.5 Å². The van der Waals surface area contributed by atoms with Crippen molar-refractivity contribution in [3.8, 4) is 0 Å². The number of hydrogen-bond donors (Lipinski definition) is 2. The molecule has 0 unspecified atom stereocenters. The highest BCUT2D eigenvalue weighted by atomic mass is 16.5. The molecule has 1 amide bonds. The third kappa shape index (κ3) is 3.82. The number of nitrogens with one attached hydrogen (secondary N) is 1. The fraction of sp³-hybridized carbons (Fsp3) is 0.500. The molecule has 0 aliphatic heterocycles. The summed E-state index contributed by atoms with van der Waals surface area (Å²) in [6.45, 7) is 4.78. The van der Waals surface area contributed by atoms with Gasteiger partial charge in [0.15, 0.2) is 5.54 Å². The number of methoxy groups -OCH3 is 2. The van der Waals surface area contributed by atoms with E-state index < -0.39 is 29.0 Å². The second-order valence-electron chi connectivity index (χ2n) is 6.24. The van der Waals surface area contributed by atoms with E-state index in [1.54, 1.807) is 32.0 Å². The Labute approximate surface area is 147 Å². The van der Waals surface area contributed by atoms with Crippen molar-refractivity contribution in [2.45, 2.75) is 38.3 Å². The summed E-state index contributed by atoms with van der Waals surface area (Å²) in [5.74, 6) is -2.76. The van der Waals surface area contributed by atoms with E-state index in [0.29, 0.717) is 0 Å². The number of amides is 1. The number of benzene rings is 1. The summed E-state index contributed by atoms with van der Waals surface area (Å²) in [5, 5.41) is 13.9. The van der Waals surface area contributed by atoms with Crippen LogP contribution in [0.4, 0.5) is 0 Å². The zero-order chi connectivity index (χ0) is 19.3. The maximum atomic E-state index is 12.7. The molecule has 0 bridgehead atoms. The van der Waals surface area contributed by atoms with Gasteiger partial charge in [0, 0.05) is 6.92 Å². The predicted octanol–water partition coefficient (Wildman–Crippen LogP) is 1.14. The van der Waals surface area contributed by atoms with E-state index in [2.05, 4.69) is 5.32 Å². The Morgan fingerprint density at radius 1 is 1.08 bits per heavy atom. The van der Waals surface area contributed by atoms with Crippen LogP contribution in [0.3, 0.4) is 0 Å². The summed E-state index contributed by atoms with van der Waals surface area (Å²) >= 11 is 0. The molecule has 25 heavy (non-hydrogen) atoms. The highest BCUT2D eigenvalue weighted by Crippen LogP contribution is 2.40. The largest absolute Gasteiger partial charge is 0.467 e. The fourth-order valence-electron chi connectivity index (χ4n) is 3.02. The van der Waals surface area contributed by atoms with Crippen molar-refractivity contribution in [2.75, 3.05) is 14.2 Å². The molecule has 2 N–H and O–H groups in total. The van der Waals surface area contributed by atoms with Gasteiger partial charge in [-0.2, -0.15) is 0 Å². The van der Waals surface area contributed by atoms with Gasteiger partial charge < -0.3 is 19.9 Å². The van der Waals surface area contributed by atoms with Gasteiger partial charge in [-0.15, -0.1) is 0 Å². The highest BCUT2D eigenvalue weighted by molar-refractivity contribution is 5.97. The lowest BCUT2D eigenvalue weighted by atomic mass is 9.70. The summed E-state index contributed by atoms with van der Waals surface area (Å²) < 4.78 is 9.64. The quantitative estimate of drug-likeness (QED) is 0.714.